The third-order valence-corrected chi connectivity index (χ3v) is 9.94. The fraction of sp³-hybridized carbons (Fsp3) is 0.929. The smallest absolute Gasteiger partial charge is 0.245 e. The zero-order valence-electron chi connectivity index (χ0n) is 21.0. The van der Waals surface area contributed by atoms with Gasteiger partial charge in [0.15, 0.2) is 0 Å². The molecule has 0 radical (unpaired) electrons. The van der Waals surface area contributed by atoms with Crippen molar-refractivity contribution in [3.05, 3.63) is 0 Å². The number of fused-ring (bicyclic) bond motifs is 2. The monoisotopic (exact) mass is 457 g/mol. The van der Waals surface area contributed by atoms with Crippen molar-refractivity contribution in [2.75, 3.05) is 26.2 Å². The van der Waals surface area contributed by atoms with Crippen LogP contribution in [0.2, 0.25) is 0 Å². The molecule has 2 heterocycles. The van der Waals surface area contributed by atoms with Crippen LogP contribution in [-0.4, -0.2) is 59.9 Å². The van der Waals surface area contributed by atoms with E-state index in [-0.39, 0.29) is 17.9 Å². The number of amides is 2. The maximum atomic E-state index is 13.8. The first-order valence-corrected chi connectivity index (χ1v) is 14.4. The molecule has 5 nitrogen and oxygen atoms in total. The molecule has 5 rings (SSSR count). The van der Waals surface area contributed by atoms with E-state index in [1.807, 2.05) is 6.92 Å². The molecule has 0 spiro atoms. The molecule has 0 aromatic carbocycles. The second-order valence-electron chi connectivity index (χ2n) is 12.2. The van der Waals surface area contributed by atoms with Gasteiger partial charge in [0.1, 0.15) is 6.04 Å². The second kappa shape index (κ2) is 10.7. The van der Waals surface area contributed by atoms with Crippen LogP contribution in [0.15, 0.2) is 0 Å². The highest BCUT2D eigenvalue weighted by Gasteiger charge is 2.47. The lowest BCUT2D eigenvalue weighted by molar-refractivity contribution is -0.139. The maximum Gasteiger partial charge on any atom is 0.245 e. The Kier molecular flexibility index (Phi) is 7.64. The van der Waals surface area contributed by atoms with Gasteiger partial charge in [-0.2, -0.15) is 0 Å². The molecule has 0 aromatic heterocycles. The van der Waals surface area contributed by atoms with Gasteiger partial charge < -0.3 is 15.1 Å². The van der Waals surface area contributed by atoms with E-state index in [9.17, 15) is 9.59 Å². The number of carbonyl (C=O) groups is 2. The quantitative estimate of drug-likeness (QED) is 0.608. The molecule has 3 unspecified atom stereocenters. The van der Waals surface area contributed by atoms with E-state index in [1.165, 1.54) is 70.9 Å². The molecule has 2 saturated heterocycles. The number of carbonyl (C=O) groups excluding carboxylic acids is 2. The van der Waals surface area contributed by atoms with Crippen molar-refractivity contribution in [2.45, 2.75) is 109 Å². The molecule has 186 valence electrons. The fourth-order valence-electron chi connectivity index (χ4n) is 8.34. The average molecular weight is 458 g/mol. The molecule has 5 fully saturated rings. The molecule has 3 saturated carbocycles. The van der Waals surface area contributed by atoms with Crippen LogP contribution in [0.1, 0.15) is 96.8 Å². The van der Waals surface area contributed by atoms with E-state index in [0.29, 0.717) is 24.3 Å². The lowest BCUT2D eigenvalue weighted by Crippen LogP contribution is -2.54. The summed E-state index contributed by atoms with van der Waals surface area (Å²) in [5.74, 6) is 4.14. The number of hydrogen-bond acceptors (Lipinski definition) is 3. The Morgan fingerprint density at radius 3 is 2.27 bits per heavy atom. The Hall–Kier alpha value is -1.10. The molecular formula is C28H47N3O2. The van der Waals surface area contributed by atoms with E-state index < -0.39 is 0 Å². The van der Waals surface area contributed by atoms with Crippen LogP contribution >= 0.6 is 0 Å². The molecule has 2 aliphatic heterocycles. The lowest BCUT2D eigenvalue weighted by atomic mass is 9.82. The minimum Gasteiger partial charge on any atom is -0.344 e. The third-order valence-electron chi connectivity index (χ3n) is 9.94. The lowest BCUT2D eigenvalue weighted by Gasteiger charge is -2.35. The number of nitrogens with zero attached hydrogens (tertiary/aromatic N) is 2. The maximum absolute atomic E-state index is 13.8. The van der Waals surface area contributed by atoms with Crippen molar-refractivity contribution in [1.82, 2.24) is 15.1 Å². The highest BCUT2D eigenvalue weighted by atomic mass is 16.2. The molecule has 5 aliphatic rings. The van der Waals surface area contributed by atoms with Crippen molar-refractivity contribution in [3.63, 3.8) is 0 Å². The Balaban J connectivity index is 1.20. The van der Waals surface area contributed by atoms with Gasteiger partial charge in [0, 0.05) is 38.6 Å². The summed E-state index contributed by atoms with van der Waals surface area (Å²) in [4.78, 5) is 31.2. The van der Waals surface area contributed by atoms with Gasteiger partial charge in [-0.3, -0.25) is 9.59 Å². The number of hydrogen-bond donors (Lipinski definition) is 1. The summed E-state index contributed by atoms with van der Waals surface area (Å²) in [5, 5.41) is 3.20. The Morgan fingerprint density at radius 1 is 0.879 bits per heavy atom. The van der Waals surface area contributed by atoms with Crippen molar-refractivity contribution in [3.8, 4) is 0 Å². The predicted octanol–water partition coefficient (Wildman–Crippen LogP) is 4.60. The van der Waals surface area contributed by atoms with Crippen LogP contribution in [0, 0.1) is 29.6 Å². The predicted molar refractivity (Wildman–Crippen MR) is 132 cm³/mol. The van der Waals surface area contributed by atoms with Crippen LogP contribution in [0.25, 0.3) is 0 Å². The van der Waals surface area contributed by atoms with Gasteiger partial charge in [-0.05, 0) is 68.1 Å². The van der Waals surface area contributed by atoms with Crippen LogP contribution < -0.4 is 5.32 Å². The number of nitrogens with one attached hydrogen (secondary N) is 1. The van der Waals surface area contributed by atoms with Gasteiger partial charge in [-0.25, -0.2) is 0 Å². The number of rotatable bonds is 7. The number of likely N-dealkylation sites (tertiary alicyclic amines) is 2. The summed E-state index contributed by atoms with van der Waals surface area (Å²) >= 11 is 0. The van der Waals surface area contributed by atoms with Gasteiger partial charge in [0.05, 0.1) is 0 Å². The fourth-order valence-corrected chi connectivity index (χ4v) is 8.34. The zero-order valence-corrected chi connectivity index (χ0v) is 21.0. The molecular weight excluding hydrogens is 410 g/mol. The van der Waals surface area contributed by atoms with E-state index >= 15 is 0 Å². The molecule has 3 aliphatic carbocycles. The van der Waals surface area contributed by atoms with Crippen LogP contribution in [-0.2, 0) is 9.59 Å². The first-order chi connectivity index (χ1) is 16.1. The Bertz CT molecular complexity index is 677. The average Bonchev–Trinajstić information content (AvgIpc) is 3.51. The minimum absolute atomic E-state index is 0.0629. The largest absolute Gasteiger partial charge is 0.344 e. The van der Waals surface area contributed by atoms with Crippen molar-refractivity contribution >= 4 is 11.8 Å². The molecule has 5 atom stereocenters. The van der Waals surface area contributed by atoms with Crippen LogP contribution in [0.4, 0.5) is 0 Å². The Labute approximate surface area is 201 Å². The Morgan fingerprint density at radius 2 is 1.58 bits per heavy atom. The highest BCUT2D eigenvalue weighted by Crippen LogP contribution is 2.46. The van der Waals surface area contributed by atoms with Gasteiger partial charge >= 0.3 is 0 Å². The van der Waals surface area contributed by atoms with Crippen molar-refractivity contribution < 1.29 is 9.59 Å². The zero-order chi connectivity index (χ0) is 22.8. The van der Waals surface area contributed by atoms with Crippen LogP contribution in [0.5, 0.6) is 0 Å². The molecule has 5 heteroatoms. The SMILES string of the molecule is CCCC(=O)NC(C(=O)N1CC[C@H]2CN(CC3CC4CCCCC4C3)C[C@H]21)C1CCCCC1. The normalized spacial score (nSPS) is 35.9. The van der Waals surface area contributed by atoms with Gasteiger partial charge in [0.2, 0.25) is 11.8 Å². The van der Waals surface area contributed by atoms with E-state index in [1.54, 1.807) is 0 Å². The third kappa shape index (κ3) is 5.28. The summed E-state index contributed by atoms with van der Waals surface area (Å²) in [7, 11) is 0. The first kappa shape index (κ1) is 23.6. The van der Waals surface area contributed by atoms with Gasteiger partial charge in [-0.15, -0.1) is 0 Å². The summed E-state index contributed by atoms with van der Waals surface area (Å²) < 4.78 is 0. The summed E-state index contributed by atoms with van der Waals surface area (Å²) in [6.07, 6.45) is 17.1. The molecule has 1 N–H and O–H groups in total. The summed E-state index contributed by atoms with van der Waals surface area (Å²) in [6.45, 7) is 6.41. The minimum atomic E-state index is -0.296. The standard InChI is InChI=1S/C28H47N3O2/c1-2-8-26(32)29-27(21-9-4-3-5-10-21)28(33)31-14-13-24-18-30(19-25(24)31)17-20-15-22-11-6-7-12-23(22)16-20/h20-25,27H,2-19H2,1H3,(H,29,32)/t20?,22?,23?,24-,25+,27?/m0/s1. The van der Waals surface area contributed by atoms with E-state index in [4.69, 9.17) is 0 Å². The molecule has 0 bridgehead atoms. The van der Waals surface area contributed by atoms with Crippen molar-refractivity contribution in [1.29, 1.82) is 0 Å². The molecule has 33 heavy (non-hydrogen) atoms. The molecule has 0 aromatic rings. The van der Waals surface area contributed by atoms with Crippen molar-refractivity contribution in [2.24, 2.45) is 29.6 Å². The highest BCUT2D eigenvalue weighted by molar-refractivity contribution is 5.88. The van der Waals surface area contributed by atoms with E-state index in [0.717, 1.165) is 56.5 Å². The summed E-state index contributed by atoms with van der Waals surface area (Å²) in [5.41, 5.74) is 0. The van der Waals surface area contributed by atoms with Gasteiger partial charge in [-0.1, -0.05) is 51.9 Å². The first-order valence-electron chi connectivity index (χ1n) is 14.4. The summed E-state index contributed by atoms with van der Waals surface area (Å²) in [6, 6.07) is 0.0745. The van der Waals surface area contributed by atoms with E-state index in [2.05, 4.69) is 15.1 Å². The van der Waals surface area contributed by atoms with Gasteiger partial charge in [0.25, 0.3) is 0 Å². The second-order valence-corrected chi connectivity index (χ2v) is 12.2. The molecule has 2 amide bonds. The topological polar surface area (TPSA) is 52.7 Å². The van der Waals surface area contributed by atoms with Crippen LogP contribution in [0.3, 0.4) is 0 Å².